The number of anilines is 1. The number of hydrogen-bond acceptors (Lipinski definition) is 7. The molecular formula is C27H25N7O3. The van der Waals surface area contributed by atoms with E-state index in [0.717, 1.165) is 29.9 Å². The second-order valence-electron chi connectivity index (χ2n) is 9.05. The van der Waals surface area contributed by atoms with E-state index in [-0.39, 0.29) is 18.3 Å². The quantitative estimate of drug-likeness (QED) is 0.369. The van der Waals surface area contributed by atoms with Gasteiger partial charge in [0, 0.05) is 43.6 Å². The van der Waals surface area contributed by atoms with E-state index in [1.807, 2.05) is 49.4 Å². The molecule has 0 saturated carbocycles. The Kier molecular flexibility index (Phi) is 5.76. The summed E-state index contributed by atoms with van der Waals surface area (Å²) < 4.78 is 8.11. The highest BCUT2D eigenvalue weighted by Crippen LogP contribution is 2.25. The van der Waals surface area contributed by atoms with Crippen molar-refractivity contribution in [3.05, 3.63) is 89.0 Å². The number of carbonyl (C=O) groups excluding carboxylic acids is 1. The first-order valence-corrected chi connectivity index (χ1v) is 12.1. The average Bonchev–Trinajstić information content (AvgIpc) is 3.55. The maximum absolute atomic E-state index is 13.0. The molecule has 0 atom stereocenters. The molecule has 1 amide bonds. The van der Waals surface area contributed by atoms with Crippen molar-refractivity contribution in [3.63, 3.8) is 0 Å². The SMILES string of the molecule is Cc1cccc(-c2noc(-c3cccn4c(=O)n(CC(=O)N5CCN(c6ccccc6)CC5)nc34)n2)c1. The number of pyridine rings is 1. The van der Waals surface area contributed by atoms with Gasteiger partial charge in [-0.2, -0.15) is 4.98 Å². The van der Waals surface area contributed by atoms with Crippen LogP contribution in [0.1, 0.15) is 5.56 Å². The highest BCUT2D eigenvalue weighted by molar-refractivity contribution is 5.77. The zero-order valence-electron chi connectivity index (χ0n) is 20.3. The van der Waals surface area contributed by atoms with E-state index < -0.39 is 5.69 Å². The van der Waals surface area contributed by atoms with E-state index in [9.17, 15) is 9.59 Å². The number of amides is 1. The molecular weight excluding hydrogens is 470 g/mol. The molecule has 186 valence electrons. The molecule has 10 nitrogen and oxygen atoms in total. The van der Waals surface area contributed by atoms with Crippen molar-refractivity contribution in [2.75, 3.05) is 31.1 Å². The van der Waals surface area contributed by atoms with Gasteiger partial charge in [-0.15, -0.1) is 5.10 Å². The first-order valence-electron chi connectivity index (χ1n) is 12.1. The molecule has 6 rings (SSSR count). The van der Waals surface area contributed by atoms with Crippen molar-refractivity contribution in [3.8, 4) is 22.8 Å². The molecule has 5 aromatic rings. The molecule has 0 spiro atoms. The smallest absolute Gasteiger partial charge is 0.350 e. The van der Waals surface area contributed by atoms with Gasteiger partial charge in [-0.05, 0) is 37.3 Å². The van der Waals surface area contributed by atoms with Gasteiger partial charge in [0.25, 0.3) is 5.89 Å². The van der Waals surface area contributed by atoms with Crippen molar-refractivity contribution in [1.29, 1.82) is 0 Å². The summed E-state index contributed by atoms with van der Waals surface area (Å²) in [5.74, 6) is 0.564. The van der Waals surface area contributed by atoms with Crippen LogP contribution in [0.5, 0.6) is 0 Å². The predicted molar refractivity (Wildman–Crippen MR) is 138 cm³/mol. The van der Waals surface area contributed by atoms with Crippen molar-refractivity contribution >= 4 is 17.2 Å². The lowest BCUT2D eigenvalue weighted by Crippen LogP contribution is -2.50. The highest BCUT2D eigenvalue weighted by Gasteiger charge is 2.24. The number of aromatic nitrogens is 5. The standard InChI is InChI=1S/C27H25N7O3/c1-19-7-5-8-20(17-19)24-28-26(37-30-24)22-11-6-12-33-25(22)29-34(27(33)36)18-23(35)32-15-13-31(14-16-32)21-9-3-2-4-10-21/h2-12,17H,13-16,18H2,1H3. The minimum atomic E-state index is -0.397. The Hall–Kier alpha value is -4.73. The number of benzene rings is 2. The molecule has 0 N–H and O–H groups in total. The summed E-state index contributed by atoms with van der Waals surface area (Å²) in [6.07, 6.45) is 1.62. The van der Waals surface area contributed by atoms with Gasteiger partial charge in [0.05, 0.1) is 5.56 Å². The third-order valence-corrected chi connectivity index (χ3v) is 6.58. The minimum absolute atomic E-state index is 0.135. The van der Waals surface area contributed by atoms with Crippen LogP contribution in [0.2, 0.25) is 0 Å². The number of fused-ring (bicyclic) bond motifs is 1. The first-order chi connectivity index (χ1) is 18.1. The predicted octanol–water partition coefficient (Wildman–Crippen LogP) is 2.87. The lowest BCUT2D eigenvalue weighted by Gasteiger charge is -2.36. The van der Waals surface area contributed by atoms with Gasteiger partial charge in [0.2, 0.25) is 11.7 Å². The number of aryl methyl sites for hydroxylation is 1. The van der Waals surface area contributed by atoms with Gasteiger partial charge in [-0.3, -0.25) is 4.79 Å². The van der Waals surface area contributed by atoms with Gasteiger partial charge in [-0.1, -0.05) is 47.1 Å². The number of hydrogen-bond donors (Lipinski definition) is 0. The molecule has 1 aliphatic rings. The van der Waals surface area contributed by atoms with Crippen LogP contribution in [-0.4, -0.2) is 61.3 Å². The average molecular weight is 496 g/mol. The van der Waals surface area contributed by atoms with E-state index in [1.165, 1.54) is 9.08 Å². The number of para-hydroxylation sites is 1. The summed E-state index contributed by atoms with van der Waals surface area (Å²) in [6.45, 7) is 4.51. The van der Waals surface area contributed by atoms with Crippen LogP contribution in [0, 0.1) is 6.92 Å². The van der Waals surface area contributed by atoms with Crippen molar-refractivity contribution in [2.24, 2.45) is 0 Å². The molecule has 1 fully saturated rings. The first kappa shape index (κ1) is 22.7. The summed E-state index contributed by atoms with van der Waals surface area (Å²) in [4.78, 5) is 34.6. The van der Waals surface area contributed by atoms with E-state index in [4.69, 9.17) is 4.52 Å². The number of carbonyl (C=O) groups is 1. The maximum atomic E-state index is 13.0. The summed E-state index contributed by atoms with van der Waals surface area (Å²) in [7, 11) is 0. The Balaban J connectivity index is 1.21. The lowest BCUT2D eigenvalue weighted by molar-refractivity contribution is -0.132. The fourth-order valence-corrected chi connectivity index (χ4v) is 4.62. The second kappa shape index (κ2) is 9.38. The highest BCUT2D eigenvalue weighted by atomic mass is 16.5. The number of piperazine rings is 1. The molecule has 2 aromatic carbocycles. The fraction of sp³-hybridized carbons (Fsp3) is 0.222. The second-order valence-corrected chi connectivity index (χ2v) is 9.05. The number of rotatable bonds is 5. The zero-order chi connectivity index (χ0) is 25.4. The van der Waals surface area contributed by atoms with E-state index >= 15 is 0 Å². The van der Waals surface area contributed by atoms with Gasteiger partial charge < -0.3 is 14.3 Å². The Bertz CT molecular complexity index is 1630. The summed E-state index contributed by atoms with van der Waals surface area (Å²) in [6, 6.07) is 21.4. The normalized spacial score (nSPS) is 13.9. The Labute approximate surface area is 212 Å². The Morgan fingerprint density at radius 2 is 1.78 bits per heavy atom. The molecule has 0 bridgehead atoms. The van der Waals surface area contributed by atoms with Crippen LogP contribution in [-0.2, 0) is 11.3 Å². The Morgan fingerprint density at radius 1 is 0.973 bits per heavy atom. The maximum Gasteiger partial charge on any atom is 0.350 e. The zero-order valence-corrected chi connectivity index (χ0v) is 20.3. The largest absolute Gasteiger partial charge is 0.368 e. The third-order valence-electron chi connectivity index (χ3n) is 6.58. The molecule has 3 aromatic heterocycles. The molecule has 37 heavy (non-hydrogen) atoms. The van der Waals surface area contributed by atoms with Crippen molar-refractivity contribution in [1.82, 2.24) is 29.2 Å². The van der Waals surface area contributed by atoms with Crippen molar-refractivity contribution < 1.29 is 9.32 Å². The van der Waals surface area contributed by atoms with Crippen LogP contribution >= 0.6 is 0 Å². The molecule has 1 saturated heterocycles. The molecule has 0 unspecified atom stereocenters. The van der Waals surface area contributed by atoms with Gasteiger partial charge >= 0.3 is 5.69 Å². The topological polar surface area (TPSA) is 102 Å². The van der Waals surface area contributed by atoms with Crippen LogP contribution in [0.15, 0.2) is 82.2 Å². The van der Waals surface area contributed by atoms with E-state index in [1.54, 1.807) is 23.2 Å². The number of nitrogens with zero attached hydrogens (tertiary/aromatic N) is 7. The monoisotopic (exact) mass is 495 g/mol. The summed E-state index contributed by atoms with van der Waals surface area (Å²) in [5.41, 5.74) is 3.55. The lowest BCUT2D eigenvalue weighted by atomic mass is 10.1. The molecule has 4 heterocycles. The molecule has 1 aliphatic heterocycles. The van der Waals surface area contributed by atoms with Crippen LogP contribution in [0.3, 0.4) is 0 Å². The fourth-order valence-electron chi connectivity index (χ4n) is 4.62. The molecule has 0 aliphatic carbocycles. The summed E-state index contributed by atoms with van der Waals surface area (Å²) >= 11 is 0. The van der Waals surface area contributed by atoms with Crippen LogP contribution in [0.4, 0.5) is 5.69 Å². The summed E-state index contributed by atoms with van der Waals surface area (Å²) in [5, 5.41) is 8.57. The van der Waals surface area contributed by atoms with Crippen LogP contribution in [0.25, 0.3) is 28.5 Å². The van der Waals surface area contributed by atoms with Crippen LogP contribution < -0.4 is 10.6 Å². The van der Waals surface area contributed by atoms with E-state index in [2.05, 4.69) is 32.3 Å². The van der Waals surface area contributed by atoms with Crippen molar-refractivity contribution in [2.45, 2.75) is 13.5 Å². The minimum Gasteiger partial charge on any atom is -0.368 e. The molecule has 10 heteroatoms. The van der Waals surface area contributed by atoms with Gasteiger partial charge in [0.1, 0.15) is 6.54 Å². The van der Waals surface area contributed by atoms with Gasteiger partial charge in [0.15, 0.2) is 5.65 Å². The third kappa shape index (κ3) is 4.37. The molecule has 0 radical (unpaired) electrons. The van der Waals surface area contributed by atoms with E-state index in [0.29, 0.717) is 30.1 Å². The van der Waals surface area contributed by atoms with Gasteiger partial charge in [-0.25, -0.2) is 13.9 Å². The Morgan fingerprint density at radius 3 is 2.57 bits per heavy atom.